The number of carbonyl (C=O) groups excluding carboxylic acids is 2. The van der Waals surface area contributed by atoms with Crippen molar-refractivity contribution in [2.24, 2.45) is 5.41 Å². The largest absolute Gasteiger partial charge is 0.396 e. The van der Waals surface area contributed by atoms with Gasteiger partial charge in [-0.25, -0.2) is 0 Å². The Morgan fingerprint density at radius 1 is 1.19 bits per heavy atom. The van der Waals surface area contributed by atoms with Crippen LogP contribution in [0.15, 0.2) is 24.3 Å². The smallest absolute Gasteiger partial charge is 0.220 e. The van der Waals surface area contributed by atoms with E-state index in [0.717, 1.165) is 0 Å². The zero-order valence-corrected chi connectivity index (χ0v) is 13.2. The van der Waals surface area contributed by atoms with Gasteiger partial charge in [-0.1, -0.05) is 25.4 Å². The molecule has 0 aliphatic rings. The Morgan fingerprint density at radius 3 is 2.38 bits per heavy atom. The summed E-state index contributed by atoms with van der Waals surface area (Å²) in [5.41, 5.74) is 0.415. The maximum Gasteiger partial charge on any atom is 0.220 e. The Kier molecular flexibility index (Phi) is 6.85. The molecule has 2 N–H and O–H groups in total. The van der Waals surface area contributed by atoms with Gasteiger partial charge in [0.25, 0.3) is 0 Å². The van der Waals surface area contributed by atoms with Crippen molar-refractivity contribution in [3.05, 3.63) is 34.9 Å². The SMILES string of the molecule is CC(C)(CCO)CNC(=O)CCC(=O)c1ccc(Cl)cc1. The summed E-state index contributed by atoms with van der Waals surface area (Å²) in [5.74, 6) is -0.222. The second-order valence-corrected chi connectivity index (χ2v) is 6.28. The molecular weight excluding hydrogens is 290 g/mol. The third-order valence-electron chi connectivity index (χ3n) is 3.30. The summed E-state index contributed by atoms with van der Waals surface area (Å²) in [4.78, 5) is 23.6. The van der Waals surface area contributed by atoms with Gasteiger partial charge in [-0.15, -0.1) is 0 Å². The lowest BCUT2D eigenvalue weighted by Crippen LogP contribution is -2.34. The van der Waals surface area contributed by atoms with E-state index in [9.17, 15) is 9.59 Å². The maximum absolute atomic E-state index is 11.9. The first-order valence-electron chi connectivity index (χ1n) is 7.00. The van der Waals surface area contributed by atoms with Crippen molar-refractivity contribution in [1.29, 1.82) is 0 Å². The van der Waals surface area contributed by atoms with Crippen molar-refractivity contribution in [2.45, 2.75) is 33.1 Å². The molecule has 5 heteroatoms. The summed E-state index contributed by atoms with van der Waals surface area (Å²) in [6.07, 6.45) is 0.960. The topological polar surface area (TPSA) is 66.4 Å². The lowest BCUT2D eigenvalue weighted by Gasteiger charge is -2.23. The van der Waals surface area contributed by atoms with E-state index in [0.29, 0.717) is 23.6 Å². The van der Waals surface area contributed by atoms with Crippen molar-refractivity contribution in [1.82, 2.24) is 5.32 Å². The van der Waals surface area contributed by atoms with Crippen molar-refractivity contribution in [3.63, 3.8) is 0 Å². The third kappa shape index (κ3) is 6.74. The quantitative estimate of drug-likeness (QED) is 0.725. The molecule has 1 aromatic carbocycles. The van der Waals surface area contributed by atoms with Crippen LogP contribution < -0.4 is 5.32 Å². The molecule has 0 saturated heterocycles. The number of aliphatic hydroxyl groups excluding tert-OH is 1. The zero-order valence-electron chi connectivity index (χ0n) is 12.5. The normalized spacial score (nSPS) is 11.2. The minimum atomic E-state index is -0.150. The average molecular weight is 312 g/mol. The molecular formula is C16H22ClNO3. The van der Waals surface area contributed by atoms with E-state index >= 15 is 0 Å². The molecule has 1 rings (SSSR count). The summed E-state index contributed by atoms with van der Waals surface area (Å²) >= 11 is 5.76. The molecule has 0 saturated carbocycles. The Balaban J connectivity index is 2.36. The van der Waals surface area contributed by atoms with Gasteiger partial charge in [-0.2, -0.15) is 0 Å². The summed E-state index contributed by atoms with van der Waals surface area (Å²) in [7, 11) is 0. The fourth-order valence-corrected chi connectivity index (χ4v) is 1.95. The minimum absolute atomic E-state index is 0.0727. The number of halogens is 1. The fourth-order valence-electron chi connectivity index (χ4n) is 1.82. The van der Waals surface area contributed by atoms with Gasteiger partial charge >= 0.3 is 0 Å². The molecule has 1 amide bonds. The van der Waals surface area contributed by atoms with Crippen molar-refractivity contribution in [3.8, 4) is 0 Å². The maximum atomic E-state index is 11.9. The molecule has 0 bridgehead atoms. The number of carbonyl (C=O) groups is 2. The first-order valence-corrected chi connectivity index (χ1v) is 7.38. The highest BCUT2D eigenvalue weighted by Gasteiger charge is 2.18. The van der Waals surface area contributed by atoms with Gasteiger partial charge in [0.15, 0.2) is 5.78 Å². The van der Waals surface area contributed by atoms with Crippen LogP contribution in [-0.2, 0) is 4.79 Å². The summed E-state index contributed by atoms with van der Waals surface area (Å²) in [6, 6.07) is 6.64. The number of nitrogens with one attached hydrogen (secondary N) is 1. The number of aliphatic hydroxyl groups is 1. The number of hydrogen-bond donors (Lipinski definition) is 2. The van der Waals surface area contributed by atoms with Gasteiger partial charge in [0.05, 0.1) is 0 Å². The molecule has 0 fully saturated rings. The van der Waals surface area contributed by atoms with Crippen LogP contribution in [-0.4, -0.2) is 29.9 Å². The monoisotopic (exact) mass is 311 g/mol. The first kappa shape index (κ1) is 17.7. The molecule has 0 atom stereocenters. The predicted molar refractivity (Wildman–Crippen MR) is 83.5 cm³/mol. The van der Waals surface area contributed by atoms with Crippen molar-refractivity contribution < 1.29 is 14.7 Å². The molecule has 21 heavy (non-hydrogen) atoms. The van der Waals surface area contributed by atoms with E-state index < -0.39 is 0 Å². The number of Topliss-reactive ketones (excluding diaryl/α,β-unsaturated/α-hetero) is 1. The number of benzene rings is 1. The molecule has 1 aromatic rings. The van der Waals surface area contributed by atoms with E-state index in [-0.39, 0.29) is 36.6 Å². The van der Waals surface area contributed by atoms with E-state index in [1.165, 1.54) is 0 Å². The zero-order chi connectivity index (χ0) is 15.9. The Morgan fingerprint density at radius 2 is 1.81 bits per heavy atom. The molecule has 116 valence electrons. The number of amides is 1. The number of hydrogen-bond acceptors (Lipinski definition) is 3. The van der Waals surface area contributed by atoms with Crippen LogP contribution in [0.3, 0.4) is 0 Å². The van der Waals surface area contributed by atoms with Crippen LogP contribution >= 0.6 is 11.6 Å². The van der Waals surface area contributed by atoms with Gasteiger partial charge < -0.3 is 10.4 Å². The minimum Gasteiger partial charge on any atom is -0.396 e. The second kappa shape index (κ2) is 8.15. The molecule has 4 nitrogen and oxygen atoms in total. The van der Waals surface area contributed by atoms with Crippen LogP contribution in [0, 0.1) is 5.41 Å². The van der Waals surface area contributed by atoms with Crippen LogP contribution in [0.1, 0.15) is 43.5 Å². The molecule has 0 radical (unpaired) electrons. The molecule has 0 aliphatic carbocycles. The van der Waals surface area contributed by atoms with E-state index in [1.807, 2.05) is 13.8 Å². The van der Waals surface area contributed by atoms with Gasteiger partial charge in [-0.05, 0) is 36.1 Å². The first-order chi connectivity index (χ1) is 9.84. The molecule has 0 aromatic heterocycles. The Hall–Kier alpha value is -1.39. The van der Waals surface area contributed by atoms with Gasteiger partial charge in [0.2, 0.25) is 5.91 Å². The fraction of sp³-hybridized carbons (Fsp3) is 0.500. The standard InChI is InChI=1S/C16H22ClNO3/c1-16(2,9-10-19)11-18-15(21)8-7-14(20)12-3-5-13(17)6-4-12/h3-6,19H,7-11H2,1-2H3,(H,18,21). The van der Waals surface area contributed by atoms with Crippen LogP contribution in [0.5, 0.6) is 0 Å². The molecule has 0 heterocycles. The van der Waals surface area contributed by atoms with E-state index in [2.05, 4.69) is 5.32 Å². The van der Waals surface area contributed by atoms with E-state index in [1.54, 1.807) is 24.3 Å². The third-order valence-corrected chi connectivity index (χ3v) is 3.55. The second-order valence-electron chi connectivity index (χ2n) is 5.84. The Bertz CT molecular complexity index is 483. The van der Waals surface area contributed by atoms with Crippen LogP contribution in [0.4, 0.5) is 0 Å². The highest BCUT2D eigenvalue weighted by atomic mass is 35.5. The Labute approximate surface area is 130 Å². The molecule has 0 unspecified atom stereocenters. The lowest BCUT2D eigenvalue weighted by molar-refractivity contribution is -0.121. The predicted octanol–water partition coefficient (Wildman–Crippen LogP) is 2.83. The summed E-state index contributed by atoms with van der Waals surface area (Å²) in [5, 5.41) is 12.3. The summed E-state index contributed by atoms with van der Waals surface area (Å²) < 4.78 is 0. The van der Waals surface area contributed by atoms with Crippen molar-refractivity contribution in [2.75, 3.05) is 13.2 Å². The van der Waals surface area contributed by atoms with E-state index in [4.69, 9.17) is 16.7 Å². The highest BCUT2D eigenvalue weighted by molar-refractivity contribution is 6.30. The lowest BCUT2D eigenvalue weighted by atomic mass is 9.90. The van der Waals surface area contributed by atoms with Gasteiger partial charge in [0.1, 0.15) is 0 Å². The highest BCUT2D eigenvalue weighted by Crippen LogP contribution is 2.18. The summed E-state index contributed by atoms with van der Waals surface area (Å²) in [6.45, 7) is 4.53. The van der Waals surface area contributed by atoms with Crippen LogP contribution in [0.25, 0.3) is 0 Å². The number of rotatable bonds is 8. The van der Waals surface area contributed by atoms with Crippen molar-refractivity contribution >= 4 is 23.3 Å². The molecule has 0 aliphatic heterocycles. The number of ketones is 1. The van der Waals surface area contributed by atoms with Gasteiger partial charge in [0, 0.05) is 36.6 Å². The van der Waals surface area contributed by atoms with Crippen LogP contribution in [0.2, 0.25) is 5.02 Å². The molecule has 0 spiro atoms. The van der Waals surface area contributed by atoms with Gasteiger partial charge in [-0.3, -0.25) is 9.59 Å². The average Bonchev–Trinajstić information content (AvgIpc) is 2.43.